The van der Waals surface area contributed by atoms with Crippen molar-refractivity contribution in [1.82, 2.24) is 9.88 Å². The van der Waals surface area contributed by atoms with E-state index in [0.717, 1.165) is 43.7 Å². The molecule has 2 N–H and O–H groups in total. The predicted octanol–water partition coefficient (Wildman–Crippen LogP) is 2.98. The highest BCUT2D eigenvalue weighted by molar-refractivity contribution is 7.15. The van der Waals surface area contributed by atoms with Gasteiger partial charge in [0.2, 0.25) is 0 Å². The van der Waals surface area contributed by atoms with E-state index in [0.29, 0.717) is 5.13 Å². The molecule has 1 aliphatic heterocycles. The number of hydrogen-bond donors (Lipinski definition) is 1. The van der Waals surface area contributed by atoms with E-state index in [9.17, 15) is 4.39 Å². The third-order valence-electron chi connectivity index (χ3n) is 3.64. The van der Waals surface area contributed by atoms with Crippen molar-refractivity contribution in [1.29, 1.82) is 0 Å². The Morgan fingerprint density at radius 3 is 3.05 bits per heavy atom. The first kappa shape index (κ1) is 14.2. The van der Waals surface area contributed by atoms with Crippen LogP contribution in [0.5, 0.6) is 0 Å². The SMILES string of the molecule is Nc1nc2c(s1)CCN(C/C=C/c1cccc(F)c1)CC2. The number of benzene rings is 1. The van der Waals surface area contributed by atoms with Gasteiger partial charge in [0.15, 0.2) is 5.13 Å². The van der Waals surface area contributed by atoms with Crippen LogP contribution in [0.15, 0.2) is 30.3 Å². The summed E-state index contributed by atoms with van der Waals surface area (Å²) in [5.41, 5.74) is 7.82. The Morgan fingerprint density at radius 2 is 2.19 bits per heavy atom. The first-order valence-electron chi connectivity index (χ1n) is 7.09. The molecule has 1 aliphatic rings. The van der Waals surface area contributed by atoms with Crippen molar-refractivity contribution in [3.8, 4) is 0 Å². The molecule has 0 unspecified atom stereocenters. The van der Waals surface area contributed by atoms with Crippen LogP contribution in [-0.4, -0.2) is 29.5 Å². The Labute approximate surface area is 127 Å². The maximum absolute atomic E-state index is 13.1. The summed E-state index contributed by atoms with van der Waals surface area (Å²) in [4.78, 5) is 8.11. The van der Waals surface area contributed by atoms with E-state index in [2.05, 4.69) is 16.0 Å². The summed E-state index contributed by atoms with van der Waals surface area (Å²) in [5, 5.41) is 0.680. The Morgan fingerprint density at radius 1 is 1.33 bits per heavy atom. The molecule has 3 nitrogen and oxygen atoms in total. The van der Waals surface area contributed by atoms with Gasteiger partial charge in [0.25, 0.3) is 0 Å². The van der Waals surface area contributed by atoms with Gasteiger partial charge in [-0.05, 0) is 24.1 Å². The number of rotatable bonds is 3. The van der Waals surface area contributed by atoms with Gasteiger partial charge in [0.1, 0.15) is 5.82 Å². The number of nitrogens with two attached hydrogens (primary N) is 1. The largest absolute Gasteiger partial charge is 0.375 e. The molecule has 0 saturated carbocycles. The fourth-order valence-corrected chi connectivity index (χ4v) is 3.43. The van der Waals surface area contributed by atoms with E-state index in [-0.39, 0.29) is 5.82 Å². The lowest BCUT2D eigenvalue weighted by atomic mass is 10.2. The molecular weight excluding hydrogens is 285 g/mol. The van der Waals surface area contributed by atoms with E-state index in [4.69, 9.17) is 5.73 Å². The van der Waals surface area contributed by atoms with Crippen molar-refractivity contribution < 1.29 is 4.39 Å². The first-order valence-corrected chi connectivity index (χ1v) is 7.91. The monoisotopic (exact) mass is 303 g/mol. The third-order valence-corrected chi connectivity index (χ3v) is 4.62. The molecule has 0 atom stereocenters. The Hall–Kier alpha value is -1.72. The summed E-state index contributed by atoms with van der Waals surface area (Å²) in [6, 6.07) is 6.65. The van der Waals surface area contributed by atoms with Gasteiger partial charge >= 0.3 is 0 Å². The summed E-state index contributed by atoms with van der Waals surface area (Å²) < 4.78 is 13.1. The zero-order valence-corrected chi connectivity index (χ0v) is 12.6. The van der Waals surface area contributed by atoms with Crippen molar-refractivity contribution in [2.45, 2.75) is 12.8 Å². The van der Waals surface area contributed by atoms with Crippen LogP contribution in [-0.2, 0) is 12.8 Å². The maximum Gasteiger partial charge on any atom is 0.180 e. The van der Waals surface area contributed by atoms with Crippen molar-refractivity contribution in [3.05, 3.63) is 52.3 Å². The highest BCUT2D eigenvalue weighted by atomic mass is 32.1. The van der Waals surface area contributed by atoms with Crippen LogP contribution >= 0.6 is 11.3 Å². The molecular formula is C16H18FN3S. The molecule has 5 heteroatoms. The molecule has 1 aromatic heterocycles. The number of nitrogens with zero attached hydrogens (tertiary/aromatic N) is 2. The minimum absolute atomic E-state index is 0.194. The van der Waals surface area contributed by atoms with Crippen LogP contribution in [0, 0.1) is 5.82 Å². The first-order chi connectivity index (χ1) is 10.2. The van der Waals surface area contributed by atoms with Crippen LogP contribution in [0.1, 0.15) is 16.1 Å². The van der Waals surface area contributed by atoms with Crippen LogP contribution in [0.25, 0.3) is 6.08 Å². The molecule has 1 aromatic carbocycles. The number of anilines is 1. The lowest BCUT2D eigenvalue weighted by Gasteiger charge is -2.17. The molecule has 0 bridgehead atoms. The van der Waals surface area contributed by atoms with Gasteiger partial charge in [-0.25, -0.2) is 9.37 Å². The molecule has 2 aromatic rings. The highest BCUT2D eigenvalue weighted by Gasteiger charge is 2.16. The second-order valence-corrected chi connectivity index (χ2v) is 6.30. The predicted molar refractivity (Wildman–Crippen MR) is 85.8 cm³/mol. The molecule has 3 rings (SSSR count). The zero-order chi connectivity index (χ0) is 14.7. The van der Waals surface area contributed by atoms with Crippen LogP contribution in [0.2, 0.25) is 0 Å². The Kier molecular flexibility index (Phi) is 4.31. The number of hydrogen-bond acceptors (Lipinski definition) is 4. The quantitative estimate of drug-likeness (QED) is 0.948. The van der Waals surface area contributed by atoms with Gasteiger partial charge in [-0.3, -0.25) is 4.90 Å². The van der Waals surface area contributed by atoms with E-state index in [1.165, 1.54) is 10.9 Å². The van der Waals surface area contributed by atoms with Gasteiger partial charge in [-0.2, -0.15) is 0 Å². The lowest BCUT2D eigenvalue weighted by Crippen LogP contribution is -2.26. The van der Waals surface area contributed by atoms with Crippen molar-refractivity contribution in [3.63, 3.8) is 0 Å². The average Bonchev–Trinajstić information content (AvgIpc) is 2.71. The molecule has 0 radical (unpaired) electrons. The van der Waals surface area contributed by atoms with Crippen LogP contribution in [0.4, 0.5) is 9.52 Å². The number of nitrogen functional groups attached to an aromatic ring is 1. The van der Waals surface area contributed by atoms with E-state index in [1.807, 2.05) is 12.1 Å². The number of fused-ring (bicyclic) bond motifs is 1. The fourth-order valence-electron chi connectivity index (χ4n) is 2.56. The van der Waals surface area contributed by atoms with E-state index < -0.39 is 0 Å². The Bertz CT molecular complexity index is 625. The van der Waals surface area contributed by atoms with Crippen molar-refractivity contribution >= 4 is 22.5 Å². The topological polar surface area (TPSA) is 42.1 Å². The number of aromatic nitrogens is 1. The van der Waals surface area contributed by atoms with Gasteiger partial charge in [-0.1, -0.05) is 24.3 Å². The summed E-state index contributed by atoms with van der Waals surface area (Å²) >= 11 is 1.61. The molecule has 110 valence electrons. The van der Waals surface area contributed by atoms with Gasteiger partial charge in [0.05, 0.1) is 5.69 Å². The smallest absolute Gasteiger partial charge is 0.180 e. The third kappa shape index (κ3) is 3.68. The van der Waals surface area contributed by atoms with E-state index >= 15 is 0 Å². The van der Waals surface area contributed by atoms with E-state index in [1.54, 1.807) is 23.5 Å². The van der Waals surface area contributed by atoms with Gasteiger partial charge in [-0.15, -0.1) is 11.3 Å². The summed E-state index contributed by atoms with van der Waals surface area (Å²) in [6.45, 7) is 2.88. The van der Waals surface area contributed by atoms with Crippen molar-refractivity contribution in [2.24, 2.45) is 0 Å². The minimum Gasteiger partial charge on any atom is -0.375 e. The molecule has 21 heavy (non-hydrogen) atoms. The van der Waals surface area contributed by atoms with Gasteiger partial charge in [0, 0.05) is 30.9 Å². The molecule has 0 spiro atoms. The van der Waals surface area contributed by atoms with Crippen molar-refractivity contribution in [2.75, 3.05) is 25.4 Å². The maximum atomic E-state index is 13.1. The number of halogens is 1. The second kappa shape index (κ2) is 6.37. The Balaban J connectivity index is 1.56. The molecule has 0 aliphatic carbocycles. The van der Waals surface area contributed by atoms with Gasteiger partial charge < -0.3 is 5.73 Å². The molecule has 2 heterocycles. The number of thiazole rings is 1. The summed E-state index contributed by atoms with van der Waals surface area (Å²) in [7, 11) is 0. The molecule has 0 amide bonds. The van der Waals surface area contributed by atoms with Crippen LogP contribution in [0.3, 0.4) is 0 Å². The lowest BCUT2D eigenvalue weighted by molar-refractivity contribution is 0.318. The highest BCUT2D eigenvalue weighted by Crippen LogP contribution is 2.24. The summed E-state index contributed by atoms with van der Waals surface area (Å²) in [6.07, 6.45) is 6.03. The molecule has 0 fully saturated rings. The normalized spacial score (nSPS) is 16.0. The zero-order valence-electron chi connectivity index (χ0n) is 11.8. The second-order valence-electron chi connectivity index (χ2n) is 5.18. The minimum atomic E-state index is -0.194. The summed E-state index contributed by atoms with van der Waals surface area (Å²) in [5.74, 6) is -0.194. The fraction of sp³-hybridized carbons (Fsp3) is 0.312. The van der Waals surface area contributed by atoms with Crippen LogP contribution < -0.4 is 5.73 Å². The molecule has 0 saturated heterocycles. The standard InChI is InChI=1S/C16H18FN3S/c17-13-5-1-3-12(11-13)4-2-8-20-9-6-14-15(7-10-20)21-16(18)19-14/h1-5,11H,6-10H2,(H2,18,19)/b4-2+. The average molecular weight is 303 g/mol.